The molecule has 4 rings (SSSR count). The molecule has 0 saturated carbocycles. The lowest BCUT2D eigenvalue weighted by atomic mass is 10.1. The van der Waals surface area contributed by atoms with Crippen LogP contribution in [-0.2, 0) is 0 Å². The number of aromatic nitrogens is 2. The number of carboxylic acid groups (broad SMARTS) is 1. The molecule has 0 fully saturated rings. The molecule has 27 heavy (non-hydrogen) atoms. The van der Waals surface area contributed by atoms with Crippen LogP contribution >= 0.6 is 31.9 Å². The number of fused-ring (bicyclic) bond motifs is 2. The first-order valence-electron chi connectivity index (χ1n) is 7.68. The topological polar surface area (TPSA) is 103 Å². The highest BCUT2D eigenvalue weighted by Gasteiger charge is 2.11. The molecule has 0 amide bonds. The Morgan fingerprint density at radius 1 is 0.852 bits per heavy atom. The first kappa shape index (κ1) is 19.1. The SMILES string of the molecule is O=C(O)c1c[nH]c2ccc(Br)cc2c1=O.O=c1cc[nH]c2ccc(Br)cc12. The number of hydrogen-bond donors (Lipinski definition) is 3. The summed E-state index contributed by atoms with van der Waals surface area (Å²) in [6.07, 6.45) is 2.86. The van der Waals surface area contributed by atoms with Crippen molar-refractivity contribution in [3.8, 4) is 0 Å². The largest absolute Gasteiger partial charge is 0.477 e. The van der Waals surface area contributed by atoms with E-state index in [-0.39, 0.29) is 11.0 Å². The fourth-order valence-corrected chi connectivity index (χ4v) is 3.21. The zero-order valence-electron chi connectivity index (χ0n) is 13.6. The maximum atomic E-state index is 11.7. The molecule has 3 N–H and O–H groups in total. The fraction of sp³-hybridized carbons (Fsp3) is 0. The number of benzene rings is 2. The number of carboxylic acids is 1. The molecule has 136 valence electrons. The van der Waals surface area contributed by atoms with Crippen LogP contribution in [0.15, 0.2) is 73.4 Å². The number of halogens is 2. The molecule has 8 heteroatoms. The van der Waals surface area contributed by atoms with Gasteiger partial charge in [0.2, 0.25) is 5.43 Å². The normalized spacial score (nSPS) is 10.4. The van der Waals surface area contributed by atoms with Gasteiger partial charge >= 0.3 is 5.97 Å². The molecule has 0 aliphatic heterocycles. The smallest absolute Gasteiger partial charge is 0.341 e. The van der Waals surface area contributed by atoms with Gasteiger partial charge in [0.15, 0.2) is 5.43 Å². The number of carbonyl (C=O) groups is 1. The van der Waals surface area contributed by atoms with Crippen molar-refractivity contribution < 1.29 is 9.90 Å². The third-order valence-electron chi connectivity index (χ3n) is 3.79. The van der Waals surface area contributed by atoms with Crippen molar-refractivity contribution >= 4 is 59.6 Å². The number of nitrogens with one attached hydrogen (secondary N) is 2. The Bertz CT molecular complexity index is 1280. The van der Waals surface area contributed by atoms with E-state index in [1.165, 1.54) is 12.3 Å². The molecule has 0 atom stereocenters. The summed E-state index contributed by atoms with van der Waals surface area (Å²) in [6, 6.07) is 12.2. The van der Waals surface area contributed by atoms with E-state index in [9.17, 15) is 14.4 Å². The number of hydrogen-bond acceptors (Lipinski definition) is 3. The molecule has 0 radical (unpaired) electrons. The quantitative estimate of drug-likeness (QED) is 0.369. The molecule has 6 nitrogen and oxygen atoms in total. The predicted molar refractivity (Wildman–Crippen MR) is 111 cm³/mol. The lowest BCUT2D eigenvalue weighted by Gasteiger charge is -1.99. The van der Waals surface area contributed by atoms with Crippen LogP contribution in [0.2, 0.25) is 0 Å². The Balaban J connectivity index is 0.000000159. The summed E-state index contributed by atoms with van der Waals surface area (Å²) in [4.78, 5) is 39.5. The maximum Gasteiger partial charge on any atom is 0.341 e. The van der Waals surface area contributed by atoms with Gasteiger partial charge in [-0.15, -0.1) is 0 Å². The summed E-state index contributed by atoms with van der Waals surface area (Å²) in [5.74, 6) is -1.22. The van der Waals surface area contributed by atoms with Gasteiger partial charge in [0.25, 0.3) is 0 Å². The molecule has 0 bridgehead atoms. The van der Waals surface area contributed by atoms with Crippen LogP contribution < -0.4 is 10.9 Å². The van der Waals surface area contributed by atoms with Gasteiger partial charge in [-0.05, 0) is 36.4 Å². The van der Waals surface area contributed by atoms with E-state index in [2.05, 4.69) is 41.8 Å². The Kier molecular flexibility index (Phi) is 5.57. The second-order valence-electron chi connectivity index (χ2n) is 5.56. The van der Waals surface area contributed by atoms with E-state index in [1.807, 2.05) is 18.2 Å². The third kappa shape index (κ3) is 4.17. The predicted octanol–water partition coefficient (Wildman–Crippen LogP) is 4.28. The minimum Gasteiger partial charge on any atom is -0.477 e. The summed E-state index contributed by atoms with van der Waals surface area (Å²) in [5, 5.41) is 9.84. The number of pyridine rings is 2. The van der Waals surface area contributed by atoms with Gasteiger partial charge in [0, 0.05) is 49.2 Å². The van der Waals surface area contributed by atoms with Crippen molar-refractivity contribution in [1.29, 1.82) is 0 Å². The molecule has 2 aromatic carbocycles. The number of rotatable bonds is 1. The first-order valence-corrected chi connectivity index (χ1v) is 9.26. The van der Waals surface area contributed by atoms with Crippen LogP contribution in [0, 0.1) is 0 Å². The Labute approximate surface area is 169 Å². The average Bonchev–Trinajstić information content (AvgIpc) is 2.63. The summed E-state index contributed by atoms with van der Waals surface area (Å²) in [7, 11) is 0. The second-order valence-corrected chi connectivity index (χ2v) is 7.39. The zero-order valence-corrected chi connectivity index (χ0v) is 16.8. The van der Waals surface area contributed by atoms with Crippen molar-refractivity contribution in [3.63, 3.8) is 0 Å². The molecule has 0 aliphatic rings. The van der Waals surface area contributed by atoms with Gasteiger partial charge in [0.1, 0.15) is 5.56 Å². The zero-order chi connectivity index (χ0) is 19.6. The third-order valence-corrected chi connectivity index (χ3v) is 4.78. The highest BCUT2D eigenvalue weighted by Crippen LogP contribution is 2.16. The molecular formula is C19H12Br2N2O4. The summed E-state index contributed by atoms with van der Waals surface area (Å²) >= 11 is 6.54. The van der Waals surface area contributed by atoms with Crippen molar-refractivity contribution in [3.05, 3.63) is 89.8 Å². The van der Waals surface area contributed by atoms with E-state index in [4.69, 9.17) is 5.11 Å². The second kappa shape index (κ2) is 7.89. The highest BCUT2D eigenvalue weighted by molar-refractivity contribution is 9.10. The van der Waals surface area contributed by atoms with Crippen molar-refractivity contribution in [2.75, 3.05) is 0 Å². The van der Waals surface area contributed by atoms with E-state index >= 15 is 0 Å². The van der Waals surface area contributed by atoms with E-state index < -0.39 is 11.4 Å². The molecule has 0 unspecified atom stereocenters. The van der Waals surface area contributed by atoms with Crippen LogP contribution in [0.1, 0.15) is 10.4 Å². The van der Waals surface area contributed by atoms with Crippen molar-refractivity contribution in [1.82, 2.24) is 9.97 Å². The minimum atomic E-state index is -1.22. The molecule has 0 aliphatic carbocycles. The van der Waals surface area contributed by atoms with E-state index in [0.29, 0.717) is 16.3 Å². The molecule has 2 heterocycles. The minimum absolute atomic E-state index is 0.0463. The summed E-state index contributed by atoms with van der Waals surface area (Å²) < 4.78 is 1.66. The van der Waals surface area contributed by atoms with Crippen LogP contribution in [0.4, 0.5) is 0 Å². The molecular weight excluding hydrogens is 480 g/mol. The van der Waals surface area contributed by atoms with Gasteiger partial charge in [-0.2, -0.15) is 0 Å². The van der Waals surface area contributed by atoms with Crippen molar-refractivity contribution in [2.45, 2.75) is 0 Å². The Hall–Kier alpha value is -2.71. The Morgan fingerprint density at radius 2 is 1.44 bits per heavy atom. The Morgan fingerprint density at radius 3 is 2.07 bits per heavy atom. The number of H-pyrrole nitrogens is 2. The molecule has 0 spiro atoms. The fourth-order valence-electron chi connectivity index (χ4n) is 2.49. The van der Waals surface area contributed by atoms with Crippen LogP contribution in [-0.4, -0.2) is 21.0 Å². The molecule has 2 aromatic heterocycles. The lowest BCUT2D eigenvalue weighted by Crippen LogP contribution is -2.15. The van der Waals surface area contributed by atoms with Crippen LogP contribution in [0.3, 0.4) is 0 Å². The van der Waals surface area contributed by atoms with Gasteiger partial charge < -0.3 is 15.1 Å². The monoisotopic (exact) mass is 490 g/mol. The number of aromatic amines is 2. The van der Waals surface area contributed by atoms with Crippen LogP contribution in [0.5, 0.6) is 0 Å². The summed E-state index contributed by atoms with van der Waals surface area (Å²) in [6.45, 7) is 0. The average molecular weight is 492 g/mol. The van der Waals surface area contributed by atoms with Gasteiger partial charge in [-0.25, -0.2) is 4.79 Å². The standard InChI is InChI=1S/C10H6BrNO3.C9H6BrNO/c11-5-1-2-8-6(3-5)9(13)7(4-12-8)10(14)15;10-6-1-2-8-7(5-6)9(12)3-4-11-8/h1-4H,(H,12,13)(H,14,15);1-5H,(H,11,12). The first-order chi connectivity index (χ1) is 12.9. The highest BCUT2D eigenvalue weighted by atomic mass is 79.9. The van der Waals surface area contributed by atoms with Crippen molar-refractivity contribution in [2.24, 2.45) is 0 Å². The van der Waals surface area contributed by atoms with Crippen LogP contribution in [0.25, 0.3) is 21.8 Å². The molecule has 0 saturated heterocycles. The van der Waals surface area contributed by atoms with E-state index in [0.717, 1.165) is 14.5 Å². The van der Waals surface area contributed by atoms with Gasteiger partial charge in [0.05, 0.1) is 0 Å². The van der Waals surface area contributed by atoms with Gasteiger partial charge in [-0.1, -0.05) is 31.9 Å². The van der Waals surface area contributed by atoms with E-state index in [1.54, 1.807) is 24.4 Å². The summed E-state index contributed by atoms with van der Waals surface area (Å²) in [5.41, 5.74) is 0.808. The number of aromatic carboxylic acids is 1. The molecule has 4 aromatic rings. The lowest BCUT2D eigenvalue weighted by molar-refractivity contribution is 0.0695. The van der Waals surface area contributed by atoms with Gasteiger partial charge in [-0.3, -0.25) is 9.59 Å². The maximum absolute atomic E-state index is 11.7.